The van der Waals surface area contributed by atoms with Gasteiger partial charge < -0.3 is 10.1 Å². The summed E-state index contributed by atoms with van der Waals surface area (Å²) >= 11 is 0. The largest absolute Gasteiger partial charge is 0.477 e. The molecule has 0 bridgehead atoms. The Morgan fingerprint density at radius 3 is 2.61 bits per heavy atom. The van der Waals surface area contributed by atoms with Crippen LogP contribution in [0.15, 0.2) is 64.4 Å². The fourth-order valence-electron chi connectivity index (χ4n) is 3.61. The first kappa shape index (κ1) is 18.4. The van der Waals surface area contributed by atoms with E-state index >= 15 is 0 Å². The molecule has 1 aliphatic rings. The molecule has 2 N–H and O–H groups in total. The lowest BCUT2D eigenvalue weighted by Gasteiger charge is -2.17. The van der Waals surface area contributed by atoms with Crippen LogP contribution in [0.25, 0.3) is 10.9 Å². The van der Waals surface area contributed by atoms with Gasteiger partial charge in [-0.3, -0.25) is 4.79 Å². The molecule has 2 aromatic carbocycles. The van der Waals surface area contributed by atoms with Crippen LogP contribution in [0.5, 0.6) is 0 Å². The molecular formula is C20H18N2O5S. The predicted molar refractivity (Wildman–Crippen MR) is 104 cm³/mol. The molecule has 1 fully saturated rings. The number of hydrogen-bond donors (Lipinski definition) is 2. The van der Waals surface area contributed by atoms with Gasteiger partial charge in [-0.2, -0.15) is 4.31 Å². The Hall–Kier alpha value is -2.97. The van der Waals surface area contributed by atoms with E-state index in [1.54, 1.807) is 0 Å². The lowest BCUT2D eigenvalue weighted by atomic mass is 9.99. The number of fused-ring (bicyclic) bond motifs is 1. The van der Waals surface area contributed by atoms with Crippen molar-refractivity contribution in [2.24, 2.45) is 0 Å². The highest BCUT2D eigenvalue weighted by atomic mass is 32.2. The lowest BCUT2D eigenvalue weighted by molar-refractivity contribution is 0.0695. The van der Waals surface area contributed by atoms with Gasteiger partial charge in [-0.25, -0.2) is 13.2 Å². The van der Waals surface area contributed by atoms with Gasteiger partial charge in [-0.15, -0.1) is 0 Å². The van der Waals surface area contributed by atoms with Crippen LogP contribution < -0.4 is 5.43 Å². The molecule has 1 aliphatic heterocycles. The van der Waals surface area contributed by atoms with Crippen LogP contribution in [-0.4, -0.2) is 41.9 Å². The van der Waals surface area contributed by atoms with Gasteiger partial charge in [0.1, 0.15) is 5.56 Å². The first-order valence-corrected chi connectivity index (χ1v) is 10.3. The molecule has 8 heteroatoms. The molecule has 0 aliphatic carbocycles. The van der Waals surface area contributed by atoms with Gasteiger partial charge in [0.15, 0.2) is 0 Å². The Labute approximate surface area is 161 Å². The number of nitrogens with zero attached hydrogens (tertiary/aromatic N) is 1. The Morgan fingerprint density at radius 2 is 1.89 bits per heavy atom. The summed E-state index contributed by atoms with van der Waals surface area (Å²) in [6, 6.07) is 13.9. The molecule has 1 atom stereocenters. The van der Waals surface area contributed by atoms with Crippen molar-refractivity contribution in [3.05, 3.63) is 76.1 Å². The number of sulfonamides is 1. The summed E-state index contributed by atoms with van der Waals surface area (Å²) in [6.07, 6.45) is 1.84. The van der Waals surface area contributed by atoms with Gasteiger partial charge in [-0.05, 0) is 36.1 Å². The highest BCUT2D eigenvalue weighted by Crippen LogP contribution is 2.31. The second-order valence-corrected chi connectivity index (χ2v) is 8.74. The molecule has 1 aromatic heterocycles. The number of nitrogens with one attached hydrogen (secondary N) is 1. The summed E-state index contributed by atoms with van der Waals surface area (Å²) in [6.45, 7) is 0.765. The van der Waals surface area contributed by atoms with Crippen molar-refractivity contribution in [1.82, 2.24) is 9.29 Å². The van der Waals surface area contributed by atoms with E-state index in [4.69, 9.17) is 5.11 Å². The number of carbonyl (C=O) groups is 1. The molecule has 28 heavy (non-hydrogen) atoms. The van der Waals surface area contributed by atoms with Gasteiger partial charge in [0.2, 0.25) is 15.5 Å². The van der Waals surface area contributed by atoms with Crippen molar-refractivity contribution in [3.8, 4) is 0 Å². The van der Waals surface area contributed by atoms with Crippen molar-refractivity contribution in [2.45, 2.75) is 17.2 Å². The summed E-state index contributed by atoms with van der Waals surface area (Å²) < 4.78 is 27.6. The maximum absolute atomic E-state index is 13.1. The quantitative estimate of drug-likeness (QED) is 0.702. The smallest absolute Gasteiger partial charge is 0.341 e. The minimum Gasteiger partial charge on any atom is -0.477 e. The number of H-pyrrole nitrogens is 1. The maximum Gasteiger partial charge on any atom is 0.341 e. The Kier molecular flexibility index (Phi) is 4.52. The molecule has 1 unspecified atom stereocenters. The van der Waals surface area contributed by atoms with Crippen molar-refractivity contribution in [1.29, 1.82) is 0 Å². The minimum atomic E-state index is -3.79. The molecule has 0 saturated carbocycles. The number of carboxylic acids is 1. The molecule has 4 rings (SSSR count). The fourth-order valence-corrected chi connectivity index (χ4v) is 5.14. The van der Waals surface area contributed by atoms with E-state index in [9.17, 15) is 18.0 Å². The number of aromatic carboxylic acids is 1. The van der Waals surface area contributed by atoms with E-state index in [2.05, 4.69) is 4.98 Å². The van der Waals surface area contributed by atoms with Crippen LogP contribution in [0.3, 0.4) is 0 Å². The molecule has 0 amide bonds. The summed E-state index contributed by atoms with van der Waals surface area (Å²) in [5.41, 5.74) is 0.355. The molecule has 1 saturated heterocycles. The fraction of sp³-hybridized carbons (Fsp3) is 0.200. The summed E-state index contributed by atoms with van der Waals surface area (Å²) in [5.74, 6) is -1.24. The second-order valence-electron chi connectivity index (χ2n) is 6.80. The van der Waals surface area contributed by atoms with Crippen molar-refractivity contribution in [3.63, 3.8) is 0 Å². The standard InChI is InChI=1S/C20H18N2O5S/c23-19-16-10-15(6-7-18(16)21-11-17(19)20(24)25)28(26,27)22-9-8-14(12-22)13-4-2-1-3-5-13/h1-7,10-11,14H,8-9,12H2,(H,21,23)(H,24,25). The molecule has 7 nitrogen and oxygen atoms in total. The monoisotopic (exact) mass is 398 g/mol. The normalized spacial score (nSPS) is 17.8. The van der Waals surface area contributed by atoms with Crippen molar-refractivity contribution < 1.29 is 18.3 Å². The third kappa shape index (κ3) is 3.10. The number of hydrogen-bond acceptors (Lipinski definition) is 4. The minimum absolute atomic E-state index is 0.0123. The van der Waals surface area contributed by atoms with Crippen LogP contribution >= 0.6 is 0 Å². The van der Waals surface area contributed by atoms with Crippen LogP contribution in [-0.2, 0) is 10.0 Å². The van der Waals surface area contributed by atoms with Gasteiger partial charge in [0, 0.05) is 30.2 Å². The van der Waals surface area contributed by atoms with E-state index < -0.39 is 27.0 Å². The summed E-state index contributed by atoms with van der Waals surface area (Å²) in [4.78, 5) is 26.3. The first-order valence-electron chi connectivity index (χ1n) is 8.82. The first-order chi connectivity index (χ1) is 13.4. The van der Waals surface area contributed by atoms with E-state index in [1.807, 2.05) is 30.3 Å². The molecule has 144 valence electrons. The van der Waals surface area contributed by atoms with Gasteiger partial charge >= 0.3 is 5.97 Å². The van der Waals surface area contributed by atoms with Crippen LogP contribution in [0, 0.1) is 0 Å². The highest BCUT2D eigenvalue weighted by Gasteiger charge is 2.33. The van der Waals surface area contributed by atoms with Gasteiger partial charge in [0.25, 0.3) is 0 Å². The number of pyridine rings is 1. The Balaban J connectivity index is 1.70. The van der Waals surface area contributed by atoms with Crippen molar-refractivity contribution >= 4 is 26.9 Å². The molecule has 0 radical (unpaired) electrons. The average molecular weight is 398 g/mol. The Bertz CT molecular complexity index is 1220. The van der Waals surface area contributed by atoms with Crippen LogP contribution in [0.2, 0.25) is 0 Å². The number of carboxylic acid groups (broad SMARTS) is 1. The van der Waals surface area contributed by atoms with E-state index in [0.717, 1.165) is 18.2 Å². The second kappa shape index (κ2) is 6.88. The predicted octanol–water partition coefficient (Wildman–Crippen LogP) is 2.40. The summed E-state index contributed by atoms with van der Waals surface area (Å²) in [7, 11) is -3.79. The molecular weight excluding hydrogens is 380 g/mol. The van der Waals surface area contributed by atoms with Crippen LogP contribution in [0.1, 0.15) is 28.3 Å². The third-order valence-electron chi connectivity index (χ3n) is 5.14. The zero-order valence-electron chi connectivity index (χ0n) is 14.8. The molecule has 3 aromatic rings. The van der Waals surface area contributed by atoms with Crippen LogP contribution in [0.4, 0.5) is 0 Å². The third-order valence-corrected chi connectivity index (χ3v) is 7.00. The zero-order valence-corrected chi connectivity index (χ0v) is 15.6. The van der Waals surface area contributed by atoms with E-state index in [0.29, 0.717) is 18.6 Å². The number of aromatic amines is 1. The number of rotatable bonds is 4. The van der Waals surface area contributed by atoms with Crippen molar-refractivity contribution in [2.75, 3.05) is 13.1 Å². The molecule has 2 heterocycles. The highest BCUT2D eigenvalue weighted by molar-refractivity contribution is 7.89. The lowest BCUT2D eigenvalue weighted by Crippen LogP contribution is -2.29. The van der Waals surface area contributed by atoms with E-state index in [1.165, 1.54) is 22.5 Å². The zero-order chi connectivity index (χ0) is 19.9. The maximum atomic E-state index is 13.1. The SMILES string of the molecule is O=C(O)c1c[nH]c2ccc(S(=O)(=O)N3CCC(c4ccccc4)C3)cc2c1=O. The van der Waals surface area contributed by atoms with Gasteiger partial charge in [-0.1, -0.05) is 30.3 Å². The topological polar surface area (TPSA) is 108 Å². The molecule has 0 spiro atoms. The Morgan fingerprint density at radius 1 is 1.14 bits per heavy atom. The number of aromatic nitrogens is 1. The summed E-state index contributed by atoms with van der Waals surface area (Å²) in [5, 5.41) is 9.16. The number of benzene rings is 2. The van der Waals surface area contributed by atoms with Gasteiger partial charge in [0.05, 0.1) is 4.90 Å². The van der Waals surface area contributed by atoms with E-state index in [-0.39, 0.29) is 16.2 Å². The average Bonchev–Trinajstić information content (AvgIpc) is 3.19.